The van der Waals surface area contributed by atoms with Crippen LogP contribution in [0.3, 0.4) is 0 Å². The monoisotopic (exact) mass is 441 g/mol. The maximum atomic E-state index is 13.8. The molecule has 1 fully saturated rings. The molecule has 0 bridgehead atoms. The number of aromatic amines is 1. The van der Waals surface area contributed by atoms with Gasteiger partial charge in [0.05, 0.1) is 11.4 Å². The van der Waals surface area contributed by atoms with Crippen LogP contribution in [0.15, 0.2) is 42.5 Å². The summed E-state index contributed by atoms with van der Waals surface area (Å²) < 4.78 is 26.9. The van der Waals surface area contributed by atoms with Crippen LogP contribution in [-0.2, 0) is 0 Å². The fraction of sp³-hybridized carbons (Fsp3) is 0.304. The van der Waals surface area contributed by atoms with Crippen molar-refractivity contribution in [3.05, 3.63) is 59.8 Å². The summed E-state index contributed by atoms with van der Waals surface area (Å²) in [5.74, 6) is -1.68. The largest absolute Gasteiger partial charge is 0.350 e. The van der Waals surface area contributed by atoms with Gasteiger partial charge in [0.25, 0.3) is 5.91 Å². The van der Waals surface area contributed by atoms with Crippen LogP contribution in [0.2, 0.25) is 0 Å². The maximum Gasteiger partial charge on any atom is 0.323 e. The number of aromatic nitrogens is 1. The average Bonchev–Trinajstić information content (AvgIpc) is 3.21. The molecule has 1 aliphatic rings. The first kappa shape index (κ1) is 21.8. The predicted molar refractivity (Wildman–Crippen MR) is 120 cm³/mol. The van der Waals surface area contributed by atoms with Gasteiger partial charge in [0, 0.05) is 36.1 Å². The van der Waals surface area contributed by atoms with E-state index in [1.54, 1.807) is 18.2 Å². The number of hydrogen-bond acceptors (Lipinski definition) is 3. The molecular formula is C23H25F2N5O2. The van der Waals surface area contributed by atoms with Crippen molar-refractivity contribution in [2.24, 2.45) is 0 Å². The highest BCUT2D eigenvalue weighted by Crippen LogP contribution is 2.26. The molecule has 1 aliphatic heterocycles. The fourth-order valence-corrected chi connectivity index (χ4v) is 3.98. The maximum absolute atomic E-state index is 13.8. The Labute approximate surface area is 184 Å². The highest BCUT2D eigenvalue weighted by Gasteiger charge is 2.26. The number of likely N-dealkylation sites (N-methyl/N-ethyl adjacent to an activating group) is 1. The van der Waals surface area contributed by atoms with E-state index in [0.29, 0.717) is 47.5 Å². The standard InChI is InChI=1S/C23H25F2N5O2/c1-29(2)15-5-4-10-30(13-15)22(31)21-12-16-18(26-21)6-3-7-19(16)27-23(32)28-20-9-8-14(24)11-17(20)25/h3,6-9,11-12,15,26H,4-5,10,13H2,1-2H3,(H2,27,28,32). The molecule has 1 saturated heterocycles. The SMILES string of the molecule is CN(C)C1CCCN(C(=O)c2cc3c(NC(=O)Nc4ccc(F)cc4F)cccc3[nH]2)C1. The van der Waals surface area contributed by atoms with Crippen molar-refractivity contribution in [2.45, 2.75) is 18.9 Å². The van der Waals surface area contributed by atoms with Crippen LogP contribution >= 0.6 is 0 Å². The summed E-state index contributed by atoms with van der Waals surface area (Å²) in [6.45, 7) is 1.37. The number of likely N-dealkylation sites (tertiary alicyclic amines) is 1. The quantitative estimate of drug-likeness (QED) is 0.566. The minimum atomic E-state index is -0.870. The molecule has 3 amide bonds. The van der Waals surface area contributed by atoms with Gasteiger partial charge in [-0.05, 0) is 57.3 Å². The number of piperidine rings is 1. The van der Waals surface area contributed by atoms with Gasteiger partial charge in [0.2, 0.25) is 0 Å². The van der Waals surface area contributed by atoms with E-state index in [1.807, 2.05) is 25.1 Å². The molecular weight excluding hydrogens is 416 g/mol. The van der Waals surface area contributed by atoms with Gasteiger partial charge in [-0.3, -0.25) is 4.79 Å². The zero-order chi connectivity index (χ0) is 22.8. The number of anilines is 2. The van der Waals surface area contributed by atoms with Crippen LogP contribution in [-0.4, -0.2) is 59.9 Å². The molecule has 168 valence electrons. The normalized spacial score (nSPS) is 16.4. The molecule has 2 heterocycles. The van der Waals surface area contributed by atoms with Crippen LogP contribution < -0.4 is 10.6 Å². The Morgan fingerprint density at radius 2 is 1.88 bits per heavy atom. The number of nitrogens with zero attached hydrogens (tertiary/aromatic N) is 2. The summed E-state index contributed by atoms with van der Waals surface area (Å²) >= 11 is 0. The Kier molecular flexibility index (Phi) is 6.09. The number of H-pyrrole nitrogens is 1. The van der Waals surface area contributed by atoms with Crippen molar-refractivity contribution < 1.29 is 18.4 Å². The predicted octanol–water partition coefficient (Wildman–Crippen LogP) is 4.26. The summed E-state index contributed by atoms with van der Waals surface area (Å²) in [5.41, 5.74) is 1.46. The van der Waals surface area contributed by atoms with E-state index in [2.05, 4.69) is 20.5 Å². The first-order chi connectivity index (χ1) is 15.3. The van der Waals surface area contributed by atoms with Gasteiger partial charge in [-0.25, -0.2) is 13.6 Å². The number of halogens is 2. The number of hydrogen-bond donors (Lipinski definition) is 3. The lowest BCUT2D eigenvalue weighted by molar-refractivity contribution is 0.0630. The van der Waals surface area contributed by atoms with Gasteiger partial charge >= 0.3 is 6.03 Å². The summed E-state index contributed by atoms with van der Waals surface area (Å²) in [6, 6.07) is 9.51. The van der Waals surface area contributed by atoms with Crippen molar-refractivity contribution in [3.8, 4) is 0 Å². The van der Waals surface area contributed by atoms with E-state index in [4.69, 9.17) is 0 Å². The smallest absolute Gasteiger partial charge is 0.323 e. The third-order valence-corrected chi connectivity index (χ3v) is 5.74. The lowest BCUT2D eigenvalue weighted by atomic mass is 10.0. The van der Waals surface area contributed by atoms with E-state index in [1.165, 1.54) is 0 Å². The number of amides is 3. The van der Waals surface area contributed by atoms with Crippen molar-refractivity contribution in [2.75, 3.05) is 37.8 Å². The van der Waals surface area contributed by atoms with Crippen molar-refractivity contribution in [1.82, 2.24) is 14.8 Å². The van der Waals surface area contributed by atoms with E-state index >= 15 is 0 Å². The molecule has 0 spiro atoms. The number of carbonyl (C=O) groups excluding carboxylic acids is 2. The van der Waals surface area contributed by atoms with Gasteiger partial charge in [0.15, 0.2) is 0 Å². The van der Waals surface area contributed by atoms with Crippen LogP contribution in [0.5, 0.6) is 0 Å². The second kappa shape index (κ2) is 8.96. The first-order valence-corrected chi connectivity index (χ1v) is 10.4. The van der Waals surface area contributed by atoms with Crippen LogP contribution in [0.1, 0.15) is 23.3 Å². The summed E-state index contributed by atoms with van der Waals surface area (Å²) in [6.07, 6.45) is 2.00. The van der Waals surface area contributed by atoms with E-state index in [-0.39, 0.29) is 11.6 Å². The number of urea groups is 1. The molecule has 1 unspecified atom stereocenters. The molecule has 1 aromatic heterocycles. The highest BCUT2D eigenvalue weighted by molar-refractivity contribution is 6.08. The molecule has 1 atom stereocenters. The van der Waals surface area contributed by atoms with Crippen molar-refractivity contribution >= 4 is 34.2 Å². The first-order valence-electron chi connectivity index (χ1n) is 10.4. The summed E-state index contributed by atoms with van der Waals surface area (Å²) in [4.78, 5) is 32.6. The van der Waals surface area contributed by atoms with Crippen molar-refractivity contribution in [3.63, 3.8) is 0 Å². The average molecular weight is 441 g/mol. The van der Waals surface area contributed by atoms with Crippen LogP contribution in [0.25, 0.3) is 10.9 Å². The second-order valence-corrected chi connectivity index (χ2v) is 8.16. The molecule has 0 aliphatic carbocycles. The Bertz CT molecular complexity index is 1160. The molecule has 9 heteroatoms. The number of benzene rings is 2. The number of carbonyl (C=O) groups is 2. The molecule has 3 aromatic rings. The lowest BCUT2D eigenvalue weighted by Gasteiger charge is -2.35. The van der Waals surface area contributed by atoms with Gasteiger partial charge in [-0.1, -0.05) is 6.07 Å². The third-order valence-electron chi connectivity index (χ3n) is 5.74. The van der Waals surface area contributed by atoms with E-state index < -0.39 is 17.7 Å². The Morgan fingerprint density at radius 1 is 1.09 bits per heavy atom. The molecule has 0 radical (unpaired) electrons. The third kappa shape index (κ3) is 4.57. The summed E-state index contributed by atoms with van der Waals surface area (Å²) in [5, 5.41) is 5.69. The van der Waals surface area contributed by atoms with Gasteiger partial charge in [0.1, 0.15) is 17.3 Å². The second-order valence-electron chi connectivity index (χ2n) is 8.16. The molecule has 7 nitrogen and oxygen atoms in total. The van der Waals surface area contributed by atoms with Gasteiger partial charge in [-0.2, -0.15) is 0 Å². The minimum Gasteiger partial charge on any atom is -0.350 e. The zero-order valence-electron chi connectivity index (χ0n) is 17.9. The molecule has 4 rings (SSSR count). The minimum absolute atomic E-state index is 0.0865. The highest BCUT2D eigenvalue weighted by atomic mass is 19.1. The van der Waals surface area contributed by atoms with Crippen LogP contribution in [0.4, 0.5) is 25.0 Å². The number of fused-ring (bicyclic) bond motifs is 1. The Balaban J connectivity index is 1.52. The summed E-state index contributed by atoms with van der Waals surface area (Å²) in [7, 11) is 4.03. The number of nitrogens with one attached hydrogen (secondary N) is 3. The van der Waals surface area contributed by atoms with E-state index in [0.717, 1.165) is 25.0 Å². The Hall–Kier alpha value is -3.46. The van der Waals surface area contributed by atoms with Crippen LogP contribution in [0, 0.1) is 11.6 Å². The molecule has 0 saturated carbocycles. The zero-order valence-corrected chi connectivity index (χ0v) is 17.9. The fourth-order valence-electron chi connectivity index (χ4n) is 3.98. The molecule has 2 aromatic carbocycles. The topological polar surface area (TPSA) is 80.5 Å². The molecule has 32 heavy (non-hydrogen) atoms. The van der Waals surface area contributed by atoms with Gasteiger partial charge in [-0.15, -0.1) is 0 Å². The van der Waals surface area contributed by atoms with Crippen molar-refractivity contribution in [1.29, 1.82) is 0 Å². The molecule has 3 N–H and O–H groups in total. The Morgan fingerprint density at radius 3 is 2.62 bits per heavy atom. The lowest BCUT2D eigenvalue weighted by Crippen LogP contribution is -2.47. The van der Waals surface area contributed by atoms with Gasteiger partial charge < -0.3 is 25.4 Å². The van der Waals surface area contributed by atoms with E-state index in [9.17, 15) is 18.4 Å². The number of rotatable bonds is 4.